The number of morpholine rings is 1. The minimum Gasteiger partial charge on any atom is -0.399 e. The molecule has 2 aliphatic heterocycles. The van der Waals surface area contributed by atoms with Crippen LogP contribution in [0.25, 0.3) is 0 Å². The predicted octanol–water partition coefficient (Wildman–Crippen LogP) is 1.87. The maximum atomic E-state index is 6.60. The van der Waals surface area contributed by atoms with Gasteiger partial charge in [0.15, 0.2) is 0 Å². The van der Waals surface area contributed by atoms with E-state index < -0.39 is 7.12 Å². The second kappa shape index (κ2) is 5.67. The summed E-state index contributed by atoms with van der Waals surface area (Å²) in [5, 5.41) is 0.600. The standard InChI is InChI=1S/C15H22BClN2O3/c1-14(2)15(3,4)22-16(21-14)11-5-6-18-13(12(11)17)19-7-9-20-10-8-19/h5-6H,7-10H2,1-4H3. The van der Waals surface area contributed by atoms with Crippen LogP contribution in [-0.4, -0.2) is 49.6 Å². The zero-order chi connectivity index (χ0) is 16.0. The smallest absolute Gasteiger partial charge is 0.399 e. The fourth-order valence-electron chi connectivity index (χ4n) is 2.59. The molecule has 5 nitrogen and oxygen atoms in total. The summed E-state index contributed by atoms with van der Waals surface area (Å²) in [6.07, 6.45) is 1.76. The molecule has 0 saturated carbocycles. The molecule has 22 heavy (non-hydrogen) atoms. The highest BCUT2D eigenvalue weighted by molar-refractivity contribution is 6.66. The van der Waals surface area contributed by atoms with Crippen molar-refractivity contribution in [2.75, 3.05) is 31.2 Å². The second-order valence-corrected chi connectivity index (χ2v) is 7.10. The first kappa shape index (κ1) is 16.1. The van der Waals surface area contributed by atoms with Gasteiger partial charge in [0.2, 0.25) is 0 Å². The summed E-state index contributed by atoms with van der Waals surface area (Å²) in [6.45, 7) is 11.1. The third-order valence-electron chi connectivity index (χ3n) is 4.72. The van der Waals surface area contributed by atoms with Crippen molar-refractivity contribution in [3.8, 4) is 0 Å². The van der Waals surface area contributed by atoms with Crippen molar-refractivity contribution in [2.45, 2.75) is 38.9 Å². The molecule has 0 N–H and O–H groups in total. The summed E-state index contributed by atoms with van der Waals surface area (Å²) in [4.78, 5) is 6.57. The molecule has 0 unspecified atom stereocenters. The first-order valence-corrected chi connectivity index (χ1v) is 8.02. The van der Waals surface area contributed by atoms with Crippen LogP contribution in [-0.2, 0) is 14.0 Å². The minimum atomic E-state index is -0.472. The molecule has 3 rings (SSSR count). The number of hydrogen-bond acceptors (Lipinski definition) is 5. The van der Waals surface area contributed by atoms with Gasteiger partial charge in [-0.15, -0.1) is 0 Å². The molecule has 2 aliphatic rings. The van der Waals surface area contributed by atoms with Crippen molar-refractivity contribution in [3.05, 3.63) is 17.3 Å². The third kappa shape index (κ3) is 2.73. The van der Waals surface area contributed by atoms with Crippen LogP contribution in [0.5, 0.6) is 0 Å². The van der Waals surface area contributed by atoms with Crippen LogP contribution < -0.4 is 10.4 Å². The molecule has 0 radical (unpaired) electrons. The van der Waals surface area contributed by atoms with Gasteiger partial charge in [-0.25, -0.2) is 4.98 Å². The molecule has 0 amide bonds. The summed E-state index contributed by atoms with van der Waals surface area (Å²) < 4.78 is 17.6. The van der Waals surface area contributed by atoms with E-state index >= 15 is 0 Å². The Bertz CT molecular complexity index is 546. The second-order valence-electron chi connectivity index (χ2n) is 6.73. The molecule has 120 valence electrons. The Balaban J connectivity index is 1.89. The summed E-state index contributed by atoms with van der Waals surface area (Å²) in [5.41, 5.74) is 0.0593. The highest BCUT2D eigenvalue weighted by Crippen LogP contribution is 2.37. The van der Waals surface area contributed by atoms with Crippen LogP contribution in [0.1, 0.15) is 27.7 Å². The van der Waals surface area contributed by atoms with E-state index in [1.54, 1.807) is 6.20 Å². The quantitative estimate of drug-likeness (QED) is 0.777. The highest BCUT2D eigenvalue weighted by atomic mass is 35.5. The van der Waals surface area contributed by atoms with E-state index in [-0.39, 0.29) is 11.2 Å². The highest BCUT2D eigenvalue weighted by Gasteiger charge is 2.52. The Hall–Kier alpha value is -0.815. The largest absolute Gasteiger partial charge is 0.496 e. The lowest BCUT2D eigenvalue weighted by atomic mass is 9.79. The van der Waals surface area contributed by atoms with Crippen LogP contribution in [0.15, 0.2) is 12.3 Å². The molecule has 0 aliphatic carbocycles. The fourth-order valence-corrected chi connectivity index (χ4v) is 2.92. The van der Waals surface area contributed by atoms with Crippen molar-refractivity contribution in [1.29, 1.82) is 0 Å². The Kier molecular flexibility index (Phi) is 4.14. The van der Waals surface area contributed by atoms with E-state index in [2.05, 4.69) is 9.88 Å². The number of nitrogens with zero attached hydrogens (tertiary/aromatic N) is 2. The molecular weight excluding hydrogens is 302 g/mol. The first-order valence-electron chi connectivity index (χ1n) is 7.64. The van der Waals surface area contributed by atoms with Crippen LogP contribution in [0.2, 0.25) is 5.02 Å². The van der Waals surface area contributed by atoms with Crippen molar-refractivity contribution in [2.24, 2.45) is 0 Å². The topological polar surface area (TPSA) is 43.8 Å². The normalized spacial score (nSPS) is 23.9. The zero-order valence-corrected chi connectivity index (χ0v) is 14.3. The Morgan fingerprint density at radius 2 is 1.73 bits per heavy atom. The van der Waals surface area contributed by atoms with E-state index in [1.807, 2.05) is 33.8 Å². The van der Waals surface area contributed by atoms with Crippen LogP contribution >= 0.6 is 11.6 Å². The van der Waals surface area contributed by atoms with Gasteiger partial charge >= 0.3 is 7.12 Å². The van der Waals surface area contributed by atoms with Gasteiger partial charge in [-0.2, -0.15) is 0 Å². The van der Waals surface area contributed by atoms with Crippen molar-refractivity contribution < 1.29 is 14.0 Å². The average molecular weight is 325 g/mol. The minimum absolute atomic E-state index is 0.386. The lowest BCUT2D eigenvalue weighted by Crippen LogP contribution is -2.41. The van der Waals surface area contributed by atoms with Gasteiger partial charge in [0.05, 0.1) is 29.4 Å². The van der Waals surface area contributed by atoms with Crippen molar-refractivity contribution >= 4 is 30.0 Å². The molecule has 3 heterocycles. The van der Waals surface area contributed by atoms with E-state index in [9.17, 15) is 0 Å². The molecule has 2 saturated heterocycles. The molecule has 0 bridgehead atoms. The van der Waals surface area contributed by atoms with Gasteiger partial charge < -0.3 is 18.9 Å². The Labute approximate surface area is 137 Å². The molecule has 0 spiro atoms. The van der Waals surface area contributed by atoms with Crippen molar-refractivity contribution in [3.63, 3.8) is 0 Å². The lowest BCUT2D eigenvalue weighted by Gasteiger charge is -2.32. The number of ether oxygens (including phenoxy) is 1. The number of aromatic nitrogens is 1. The summed E-state index contributed by atoms with van der Waals surface area (Å²) in [5.74, 6) is 0.775. The van der Waals surface area contributed by atoms with E-state index in [0.717, 1.165) is 24.4 Å². The van der Waals surface area contributed by atoms with E-state index in [1.165, 1.54) is 0 Å². The number of anilines is 1. The van der Waals surface area contributed by atoms with Crippen LogP contribution in [0.3, 0.4) is 0 Å². The van der Waals surface area contributed by atoms with E-state index in [4.69, 9.17) is 25.6 Å². The average Bonchev–Trinajstić information content (AvgIpc) is 2.68. The maximum Gasteiger partial charge on any atom is 0.496 e. The van der Waals surface area contributed by atoms with Gasteiger partial charge in [0, 0.05) is 24.7 Å². The van der Waals surface area contributed by atoms with Gasteiger partial charge in [0.1, 0.15) is 5.82 Å². The van der Waals surface area contributed by atoms with Crippen LogP contribution in [0, 0.1) is 0 Å². The number of pyridine rings is 1. The van der Waals surface area contributed by atoms with E-state index in [0.29, 0.717) is 18.2 Å². The third-order valence-corrected chi connectivity index (χ3v) is 5.11. The fraction of sp³-hybridized carbons (Fsp3) is 0.667. The molecule has 1 aromatic rings. The first-order chi connectivity index (χ1) is 10.3. The van der Waals surface area contributed by atoms with Gasteiger partial charge in [-0.1, -0.05) is 11.6 Å². The van der Waals surface area contributed by atoms with Crippen molar-refractivity contribution in [1.82, 2.24) is 4.98 Å². The number of halogens is 1. The zero-order valence-electron chi connectivity index (χ0n) is 13.6. The number of rotatable bonds is 2. The monoisotopic (exact) mass is 324 g/mol. The lowest BCUT2D eigenvalue weighted by molar-refractivity contribution is 0.00578. The number of hydrogen-bond donors (Lipinski definition) is 0. The van der Waals surface area contributed by atoms with Crippen LogP contribution in [0.4, 0.5) is 5.82 Å². The Morgan fingerprint density at radius 1 is 1.14 bits per heavy atom. The summed E-state index contributed by atoms with van der Waals surface area (Å²) >= 11 is 6.60. The molecule has 0 aromatic carbocycles. The molecule has 0 atom stereocenters. The van der Waals surface area contributed by atoms with Gasteiger partial charge in [-0.05, 0) is 33.8 Å². The SMILES string of the molecule is CC1(C)OB(c2ccnc(N3CCOCC3)c2Cl)OC1(C)C. The van der Waals surface area contributed by atoms with Gasteiger partial charge in [0.25, 0.3) is 0 Å². The summed E-state index contributed by atoms with van der Waals surface area (Å²) in [6, 6.07) is 1.87. The predicted molar refractivity (Wildman–Crippen MR) is 88.0 cm³/mol. The molecule has 2 fully saturated rings. The Morgan fingerprint density at radius 3 is 2.32 bits per heavy atom. The summed E-state index contributed by atoms with van der Waals surface area (Å²) in [7, 11) is -0.472. The molecular formula is C15H22BClN2O3. The van der Waals surface area contributed by atoms with Gasteiger partial charge in [-0.3, -0.25) is 0 Å². The molecule has 7 heteroatoms. The molecule has 1 aromatic heterocycles. The maximum absolute atomic E-state index is 6.60.